The Balaban J connectivity index is 1.78. The number of carboxylic acid groups (broad SMARTS) is 1. The van der Waals surface area contributed by atoms with Crippen LogP contribution in [0.25, 0.3) is 5.69 Å². The van der Waals surface area contributed by atoms with E-state index in [1.165, 1.54) is 21.7 Å². The smallest absolute Gasteiger partial charge is 0.334 e. The molecular formula is C16H16FN3O4. The van der Waals surface area contributed by atoms with Gasteiger partial charge in [-0.2, -0.15) is 5.10 Å². The quantitative estimate of drug-likeness (QED) is 0.916. The number of nitrogens with zero attached hydrogens (tertiary/aromatic N) is 3. The molecule has 126 valence electrons. The van der Waals surface area contributed by atoms with E-state index in [-0.39, 0.29) is 30.1 Å². The second kappa shape index (κ2) is 6.40. The molecule has 0 radical (unpaired) electrons. The molecule has 7 nitrogen and oxygen atoms in total. The van der Waals surface area contributed by atoms with Crippen LogP contribution in [-0.4, -0.2) is 57.0 Å². The Hall–Kier alpha value is -2.74. The van der Waals surface area contributed by atoms with E-state index < -0.39 is 12.1 Å². The van der Waals surface area contributed by atoms with Crippen LogP contribution < -0.4 is 0 Å². The first-order valence-corrected chi connectivity index (χ1v) is 7.43. The molecule has 1 amide bonds. The summed E-state index contributed by atoms with van der Waals surface area (Å²) in [6.45, 7) is 1.99. The summed E-state index contributed by atoms with van der Waals surface area (Å²) < 4.78 is 19.7. The van der Waals surface area contributed by atoms with Crippen LogP contribution in [0.4, 0.5) is 4.39 Å². The molecule has 2 heterocycles. The summed E-state index contributed by atoms with van der Waals surface area (Å²) in [7, 11) is 0. The van der Waals surface area contributed by atoms with Crippen molar-refractivity contribution < 1.29 is 23.8 Å². The highest BCUT2D eigenvalue weighted by atomic mass is 19.1. The van der Waals surface area contributed by atoms with Gasteiger partial charge in [0.25, 0.3) is 5.91 Å². The largest absolute Gasteiger partial charge is 0.479 e. The average molecular weight is 333 g/mol. The number of morpholine rings is 1. The van der Waals surface area contributed by atoms with Gasteiger partial charge in [0.1, 0.15) is 5.82 Å². The molecule has 1 N–H and O–H groups in total. The van der Waals surface area contributed by atoms with Crippen LogP contribution >= 0.6 is 0 Å². The number of aliphatic carboxylic acids is 1. The molecule has 24 heavy (non-hydrogen) atoms. The fraction of sp³-hybridized carbons (Fsp3) is 0.312. The van der Waals surface area contributed by atoms with Crippen molar-refractivity contribution in [1.29, 1.82) is 0 Å². The summed E-state index contributed by atoms with van der Waals surface area (Å²) in [6, 6.07) is 7.25. The SMILES string of the molecule is C[C@@H]1CN(C(=O)c2ccn(-c3ccc(F)cc3)n2)CC(C(=O)O)O1. The van der Waals surface area contributed by atoms with Crippen LogP contribution in [0, 0.1) is 5.82 Å². The third-order valence-electron chi connectivity index (χ3n) is 3.72. The normalized spacial score (nSPS) is 20.8. The zero-order valence-corrected chi connectivity index (χ0v) is 12.9. The predicted molar refractivity (Wildman–Crippen MR) is 81.4 cm³/mol. The van der Waals surface area contributed by atoms with E-state index in [4.69, 9.17) is 9.84 Å². The molecule has 8 heteroatoms. The predicted octanol–water partition coefficient (Wildman–Crippen LogP) is 1.33. The topological polar surface area (TPSA) is 84.7 Å². The Kier molecular flexibility index (Phi) is 4.30. The summed E-state index contributed by atoms with van der Waals surface area (Å²) in [5.41, 5.74) is 0.812. The van der Waals surface area contributed by atoms with Crippen molar-refractivity contribution in [2.45, 2.75) is 19.1 Å². The number of carbonyl (C=O) groups is 2. The molecule has 1 unspecified atom stereocenters. The van der Waals surface area contributed by atoms with E-state index in [0.29, 0.717) is 12.2 Å². The molecule has 1 fully saturated rings. The van der Waals surface area contributed by atoms with E-state index in [2.05, 4.69) is 5.10 Å². The van der Waals surface area contributed by atoms with Gasteiger partial charge >= 0.3 is 5.97 Å². The number of rotatable bonds is 3. The van der Waals surface area contributed by atoms with Crippen molar-refractivity contribution in [1.82, 2.24) is 14.7 Å². The molecular weight excluding hydrogens is 317 g/mol. The van der Waals surface area contributed by atoms with Gasteiger partial charge in [0.05, 0.1) is 18.3 Å². The lowest BCUT2D eigenvalue weighted by atomic mass is 10.2. The van der Waals surface area contributed by atoms with Gasteiger partial charge in [0.2, 0.25) is 0 Å². The number of halogens is 1. The van der Waals surface area contributed by atoms with Crippen molar-refractivity contribution in [3.63, 3.8) is 0 Å². The van der Waals surface area contributed by atoms with Gasteiger partial charge in [-0.05, 0) is 37.3 Å². The fourth-order valence-corrected chi connectivity index (χ4v) is 2.59. The van der Waals surface area contributed by atoms with Gasteiger partial charge < -0.3 is 14.7 Å². The number of ether oxygens (including phenoxy) is 1. The number of benzene rings is 1. The number of carboxylic acids is 1. The molecule has 0 aliphatic carbocycles. The van der Waals surface area contributed by atoms with Gasteiger partial charge in [-0.1, -0.05) is 0 Å². The molecule has 1 aromatic carbocycles. The molecule has 0 saturated carbocycles. The molecule has 1 aliphatic rings. The Bertz CT molecular complexity index is 759. The minimum absolute atomic E-state index is 0.0259. The maximum Gasteiger partial charge on any atom is 0.334 e. The van der Waals surface area contributed by atoms with Crippen molar-refractivity contribution in [2.24, 2.45) is 0 Å². The molecule has 0 spiro atoms. The van der Waals surface area contributed by atoms with Crippen molar-refractivity contribution in [3.05, 3.63) is 48.0 Å². The lowest BCUT2D eigenvalue weighted by molar-refractivity contribution is -0.160. The second-order valence-electron chi connectivity index (χ2n) is 5.61. The van der Waals surface area contributed by atoms with E-state index in [1.54, 1.807) is 31.3 Å². The summed E-state index contributed by atoms with van der Waals surface area (Å²) in [5.74, 6) is -1.82. The summed E-state index contributed by atoms with van der Waals surface area (Å²) in [6.07, 6.45) is 0.179. The first-order valence-electron chi connectivity index (χ1n) is 7.43. The standard InChI is InChI=1S/C16H16FN3O4/c1-10-8-19(9-14(24-10)16(22)23)15(21)13-6-7-20(18-13)12-4-2-11(17)3-5-12/h2-7,10,14H,8-9H2,1H3,(H,22,23)/t10-,14?/m1/s1. The van der Waals surface area contributed by atoms with Crippen LogP contribution in [0.15, 0.2) is 36.5 Å². The average Bonchev–Trinajstić information content (AvgIpc) is 3.04. The van der Waals surface area contributed by atoms with Crippen LogP contribution in [0.5, 0.6) is 0 Å². The summed E-state index contributed by atoms with van der Waals surface area (Å²) in [5, 5.41) is 13.3. The first kappa shape index (κ1) is 16.1. The third-order valence-corrected chi connectivity index (χ3v) is 3.72. The Morgan fingerprint density at radius 3 is 2.62 bits per heavy atom. The third kappa shape index (κ3) is 3.28. The maximum atomic E-state index is 13.0. The van der Waals surface area contributed by atoms with E-state index in [0.717, 1.165) is 0 Å². The highest BCUT2D eigenvalue weighted by Crippen LogP contribution is 2.15. The minimum Gasteiger partial charge on any atom is -0.479 e. The van der Waals surface area contributed by atoms with Crippen molar-refractivity contribution in [2.75, 3.05) is 13.1 Å². The minimum atomic E-state index is -1.10. The lowest BCUT2D eigenvalue weighted by Gasteiger charge is -2.34. The molecule has 1 saturated heterocycles. The maximum absolute atomic E-state index is 13.0. The van der Waals surface area contributed by atoms with E-state index in [9.17, 15) is 14.0 Å². The highest BCUT2D eigenvalue weighted by Gasteiger charge is 2.33. The Labute approximate surface area is 137 Å². The Morgan fingerprint density at radius 2 is 1.96 bits per heavy atom. The van der Waals surface area contributed by atoms with Gasteiger partial charge in [-0.15, -0.1) is 0 Å². The number of hydrogen-bond acceptors (Lipinski definition) is 4. The monoisotopic (exact) mass is 333 g/mol. The summed E-state index contributed by atoms with van der Waals surface area (Å²) >= 11 is 0. The van der Waals surface area contributed by atoms with Crippen LogP contribution in [0.2, 0.25) is 0 Å². The Morgan fingerprint density at radius 1 is 1.25 bits per heavy atom. The fourth-order valence-electron chi connectivity index (χ4n) is 2.59. The van der Waals surface area contributed by atoms with Gasteiger partial charge in [0.15, 0.2) is 11.8 Å². The lowest BCUT2D eigenvalue weighted by Crippen LogP contribution is -2.51. The van der Waals surface area contributed by atoms with Gasteiger partial charge in [-0.3, -0.25) is 4.79 Å². The second-order valence-corrected chi connectivity index (χ2v) is 5.61. The molecule has 2 atom stereocenters. The van der Waals surface area contributed by atoms with Crippen LogP contribution in [0.1, 0.15) is 17.4 Å². The zero-order valence-electron chi connectivity index (χ0n) is 12.9. The molecule has 0 bridgehead atoms. The molecule has 2 aromatic rings. The van der Waals surface area contributed by atoms with Gasteiger partial charge in [0, 0.05) is 12.7 Å². The van der Waals surface area contributed by atoms with Crippen molar-refractivity contribution in [3.8, 4) is 5.69 Å². The van der Waals surface area contributed by atoms with E-state index >= 15 is 0 Å². The zero-order chi connectivity index (χ0) is 17.3. The first-order chi connectivity index (χ1) is 11.4. The van der Waals surface area contributed by atoms with Crippen LogP contribution in [-0.2, 0) is 9.53 Å². The van der Waals surface area contributed by atoms with Crippen molar-refractivity contribution >= 4 is 11.9 Å². The molecule has 1 aromatic heterocycles. The molecule has 1 aliphatic heterocycles. The summed E-state index contributed by atoms with van der Waals surface area (Å²) in [4.78, 5) is 25.1. The van der Waals surface area contributed by atoms with E-state index in [1.807, 2.05) is 0 Å². The molecule has 3 rings (SSSR count). The number of aromatic nitrogens is 2. The highest BCUT2D eigenvalue weighted by molar-refractivity contribution is 5.92. The van der Waals surface area contributed by atoms with Gasteiger partial charge in [-0.25, -0.2) is 13.9 Å². The van der Waals surface area contributed by atoms with Crippen LogP contribution in [0.3, 0.4) is 0 Å². The number of amides is 1. The number of carbonyl (C=O) groups excluding carboxylic acids is 1. The number of hydrogen-bond donors (Lipinski definition) is 1.